The van der Waals surface area contributed by atoms with Gasteiger partial charge < -0.3 is 15.0 Å². The van der Waals surface area contributed by atoms with Crippen molar-refractivity contribution in [3.8, 4) is 11.4 Å². The fraction of sp³-hybridized carbons (Fsp3) is 0.192. The Hall–Kier alpha value is -3.78. The average molecular weight is 476 g/mol. The summed E-state index contributed by atoms with van der Waals surface area (Å²) in [6.45, 7) is 7.45. The zero-order valence-electron chi connectivity index (χ0n) is 19.4. The second-order valence-corrected chi connectivity index (χ2v) is 9.29. The summed E-state index contributed by atoms with van der Waals surface area (Å²) in [5, 5.41) is 11.8. The highest BCUT2D eigenvalue weighted by Crippen LogP contribution is 2.34. The van der Waals surface area contributed by atoms with E-state index in [0.717, 1.165) is 50.4 Å². The number of aromatic hydroxyl groups is 1. The number of phenolic OH excluding ortho intramolecular Hbond substituents is 1. The number of thioether (sulfide) groups is 1. The van der Waals surface area contributed by atoms with Gasteiger partial charge in [-0.25, -0.2) is 0 Å². The number of phenols is 1. The fourth-order valence-corrected chi connectivity index (χ4v) is 4.70. The second kappa shape index (κ2) is 9.23. The van der Waals surface area contributed by atoms with Crippen molar-refractivity contribution in [1.29, 1.82) is 0 Å². The number of aryl methyl sites for hydroxylation is 3. The maximum atomic E-state index is 12.9. The van der Waals surface area contributed by atoms with E-state index in [1.165, 1.54) is 0 Å². The van der Waals surface area contributed by atoms with Crippen molar-refractivity contribution in [3.63, 3.8) is 0 Å². The van der Waals surface area contributed by atoms with Gasteiger partial charge in [0.1, 0.15) is 12.3 Å². The van der Waals surface area contributed by atoms with Crippen LogP contribution < -0.4 is 5.32 Å². The average Bonchev–Trinajstić information content (AvgIpc) is 3.21. The van der Waals surface area contributed by atoms with Crippen molar-refractivity contribution in [3.05, 3.63) is 81.5 Å². The number of rotatable bonds is 5. The van der Waals surface area contributed by atoms with E-state index in [9.17, 15) is 19.5 Å². The molecule has 1 aliphatic rings. The Balaban J connectivity index is 1.52. The van der Waals surface area contributed by atoms with E-state index in [0.29, 0.717) is 5.69 Å². The van der Waals surface area contributed by atoms with Crippen LogP contribution in [0, 0.1) is 27.7 Å². The van der Waals surface area contributed by atoms with Crippen LogP contribution in [0.3, 0.4) is 0 Å². The molecule has 7 nitrogen and oxygen atoms in total. The molecule has 0 atom stereocenters. The van der Waals surface area contributed by atoms with Crippen LogP contribution >= 0.6 is 11.8 Å². The predicted octanol–water partition coefficient (Wildman–Crippen LogP) is 5.09. The molecular weight excluding hydrogens is 450 g/mol. The number of carbonyl (C=O) groups is 3. The molecule has 0 aliphatic carbocycles. The molecule has 3 aromatic rings. The summed E-state index contributed by atoms with van der Waals surface area (Å²) < 4.78 is 2.01. The van der Waals surface area contributed by atoms with Gasteiger partial charge >= 0.3 is 0 Å². The predicted molar refractivity (Wildman–Crippen MR) is 134 cm³/mol. The van der Waals surface area contributed by atoms with Gasteiger partial charge in [-0.1, -0.05) is 6.07 Å². The second-order valence-electron chi connectivity index (χ2n) is 8.29. The molecule has 1 aromatic heterocycles. The number of nitrogens with zero attached hydrogens (tertiary/aromatic N) is 2. The van der Waals surface area contributed by atoms with Crippen molar-refractivity contribution < 1.29 is 19.5 Å². The highest BCUT2D eigenvalue weighted by Gasteiger charge is 2.36. The summed E-state index contributed by atoms with van der Waals surface area (Å²) in [7, 11) is 0. The van der Waals surface area contributed by atoms with Crippen LogP contribution in [-0.2, 0) is 9.59 Å². The first kappa shape index (κ1) is 23.4. The lowest BCUT2D eigenvalue weighted by Gasteiger charge is -2.13. The topological polar surface area (TPSA) is 91.6 Å². The lowest BCUT2D eigenvalue weighted by Crippen LogP contribution is -2.36. The first-order valence-corrected chi connectivity index (χ1v) is 11.6. The Labute approximate surface area is 202 Å². The summed E-state index contributed by atoms with van der Waals surface area (Å²) in [6, 6.07) is 14.3. The monoisotopic (exact) mass is 475 g/mol. The molecule has 2 heterocycles. The number of carbonyl (C=O) groups excluding carboxylic acids is 3. The zero-order valence-corrected chi connectivity index (χ0v) is 20.2. The molecule has 34 heavy (non-hydrogen) atoms. The SMILES string of the molecule is Cc1ccc(NC(=O)CN2C(=O)S/C(=C/c3cc(C)n(-c4ccc(O)cc4)c3C)C2=O)cc1C. The smallest absolute Gasteiger partial charge is 0.294 e. The van der Waals surface area contributed by atoms with Gasteiger partial charge in [0.25, 0.3) is 11.1 Å². The van der Waals surface area contributed by atoms with Gasteiger partial charge in [-0.3, -0.25) is 19.3 Å². The number of benzene rings is 2. The summed E-state index contributed by atoms with van der Waals surface area (Å²) in [5.74, 6) is -0.737. The summed E-state index contributed by atoms with van der Waals surface area (Å²) in [5.41, 5.74) is 6.29. The Morgan fingerprint density at radius 2 is 1.71 bits per heavy atom. The van der Waals surface area contributed by atoms with Gasteiger partial charge in [0.05, 0.1) is 4.91 Å². The molecule has 2 N–H and O–H groups in total. The number of amides is 3. The minimum absolute atomic E-state index is 0.182. The Bertz CT molecular complexity index is 1340. The molecule has 174 valence electrons. The van der Waals surface area contributed by atoms with Gasteiger partial charge in [-0.05, 0) is 105 Å². The van der Waals surface area contributed by atoms with Crippen LogP contribution in [0.1, 0.15) is 28.1 Å². The van der Waals surface area contributed by atoms with Crippen LogP contribution in [0.15, 0.2) is 53.4 Å². The third-order valence-corrected chi connectivity index (χ3v) is 6.74. The lowest BCUT2D eigenvalue weighted by molar-refractivity contribution is -0.127. The Morgan fingerprint density at radius 3 is 2.38 bits per heavy atom. The van der Waals surface area contributed by atoms with Crippen LogP contribution in [0.5, 0.6) is 5.75 Å². The zero-order chi connectivity index (χ0) is 24.6. The quantitative estimate of drug-likeness (QED) is 0.502. The van der Waals surface area contributed by atoms with Crippen molar-refractivity contribution >= 4 is 40.6 Å². The number of anilines is 1. The third-order valence-electron chi connectivity index (χ3n) is 5.83. The van der Waals surface area contributed by atoms with Gasteiger partial charge in [-0.15, -0.1) is 0 Å². The minimum atomic E-state index is -0.486. The first-order chi connectivity index (χ1) is 16.1. The molecule has 0 bridgehead atoms. The number of nitrogens with one attached hydrogen (secondary N) is 1. The van der Waals surface area contributed by atoms with Gasteiger partial charge in [0.15, 0.2) is 0 Å². The first-order valence-electron chi connectivity index (χ1n) is 10.7. The van der Waals surface area contributed by atoms with E-state index in [-0.39, 0.29) is 17.2 Å². The summed E-state index contributed by atoms with van der Waals surface area (Å²) >= 11 is 0.827. The summed E-state index contributed by atoms with van der Waals surface area (Å²) in [4.78, 5) is 39.2. The van der Waals surface area contributed by atoms with Gasteiger partial charge in [-0.2, -0.15) is 0 Å². The van der Waals surface area contributed by atoms with Crippen molar-refractivity contribution in [2.24, 2.45) is 0 Å². The molecule has 0 saturated carbocycles. The molecule has 2 aromatic carbocycles. The molecule has 1 saturated heterocycles. The number of hydrogen-bond acceptors (Lipinski definition) is 5. The van der Waals surface area contributed by atoms with Crippen LogP contribution in [0.2, 0.25) is 0 Å². The number of aromatic nitrogens is 1. The highest BCUT2D eigenvalue weighted by atomic mass is 32.2. The highest BCUT2D eigenvalue weighted by molar-refractivity contribution is 8.18. The van der Waals surface area contributed by atoms with Crippen molar-refractivity contribution in [2.45, 2.75) is 27.7 Å². The summed E-state index contributed by atoms with van der Waals surface area (Å²) in [6.07, 6.45) is 1.69. The van der Waals surface area contributed by atoms with E-state index in [1.54, 1.807) is 36.4 Å². The van der Waals surface area contributed by atoms with Crippen molar-refractivity contribution in [1.82, 2.24) is 9.47 Å². The van der Waals surface area contributed by atoms with E-state index in [4.69, 9.17) is 0 Å². The number of imide groups is 1. The molecule has 1 aliphatic heterocycles. The minimum Gasteiger partial charge on any atom is -0.508 e. The molecule has 0 radical (unpaired) electrons. The molecule has 3 amide bonds. The standard InChI is InChI=1S/C26H25N3O4S/c1-15-5-6-20(11-16(15)2)27-24(31)14-28-25(32)23(34-26(28)33)13-19-12-17(3)29(18(19)4)21-7-9-22(30)10-8-21/h5-13,30H,14H2,1-4H3,(H,27,31)/b23-13+. The van der Waals surface area contributed by atoms with E-state index in [1.807, 2.05) is 50.5 Å². The molecule has 0 spiro atoms. The van der Waals surface area contributed by atoms with Crippen LogP contribution in [0.25, 0.3) is 11.8 Å². The molecular formula is C26H25N3O4S. The van der Waals surface area contributed by atoms with E-state index >= 15 is 0 Å². The third kappa shape index (κ3) is 4.63. The molecule has 0 unspecified atom stereocenters. The Kier molecular flexibility index (Phi) is 6.34. The van der Waals surface area contributed by atoms with E-state index < -0.39 is 17.1 Å². The van der Waals surface area contributed by atoms with Crippen LogP contribution in [-0.4, -0.2) is 38.2 Å². The maximum absolute atomic E-state index is 12.9. The van der Waals surface area contributed by atoms with Gasteiger partial charge in [0.2, 0.25) is 5.91 Å². The van der Waals surface area contributed by atoms with Gasteiger partial charge in [0, 0.05) is 22.8 Å². The maximum Gasteiger partial charge on any atom is 0.294 e. The number of hydrogen-bond donors (Lipinski definition) is 2. The lowest BCUT2D eigenvalue weighted by atomic mass is 10.1. The van der Waals surface area contributed by atoms with E-state index in [2.05, 4.69) is 5.32 Å². The largest absolute Gasteiger partial charge is 0.508 e. The molecule has 4 rings (SSSR count). The Morgan fingerprint density at radius 1 is 1.00 bits per heavy atom. The fourth-order valence-electron chi connectivity index (χ4n) is 3.87. The normalized spacial score (nSPS) is 14.8. The molecule has 8 heteroatoms. The molecule has 1 fully saturated rings. The van der Waals surface area contributed by atoms with Crippen molar-refractivity contribution in [2.75, 3.05) is 11.9 Å². The van der Waals surface area contributed by atoms with Crippen LogP contribution in [0.4, 0.5) is 10.5 Å².